The quantitative estimate of drug-likeness (QED) is 0.855. The van der Waals surface area contributed by atoms with E-state index in [1.165, 1.54) is 4.88 Å². The topological polar surface area (TPSA) is 20.2 Å². The molecule has 0 saturated carbocycles. The van der Waals surface area contributed by atoms with Gasteiger partial charge < -0.3 is 5.11 Å². The van der Waals surface area contributed by atoms with Crippen molar-refractivity contribution in [3.8, 4) is 11.8 Å². The predicted octanol–water partition coefficient (Wildman–Crippen LogP) is 4.18. The fourth-order valence-electron chi connectivity index (χ4n) is 1.57. The van der Waals surface area contributed by atoms with Gasteiger partial charge in [0.1, 0.15) is 6.61 Å². The van der Waals surface area contributed by atoms with Crippen molar-refractivity contribution >= 4 is 34.7 Å². The second-order valence-electron chi connectivity index (χ2n) is 3.80. The first kappa shape index (κ1) is 14.5. The first-order chi connectivity index (χ1) is 9.31. The van der Waals surface area contributed by atoms with E-state index < -0.39 is 0 Å². The fraction of sp³-hybridized carbons (Fsp3) is 0.200. The minimum absolute atomic E-state index is 0.0952. The lowest BCUT2D eigenvalue weighted by atomic mass is 10.2. The van der Waals surface area contributed by atoms with E-state index in [1.54, 1.807) is 11.3 Å². The molecule has 2 aromatic rings. The number of halogens is 1. The van der Waals surface area contributed by atoms with E-state index in [0.717, 1.165) is 27.7 Å². The number of benzene rings is 1. The molecule has 1 aromatic carbocycles. The molecular weight excluding hydrogens is 296 g/mol. The van der Waals surface area contributed by atoms with Gasteiger partial charge in [-0.2, -0.15) is 11.8 Å². The number of rotatable bonds is 4. The van der Waals surface area contributed by atoms with Crippen molar-refractivity contribution in [2.75, 3.05) is 6.61 Å². The highest BCUT2D eigenvalue weighted by Gasteiger charge is 2.04. The monoisotopic (exact) mass is 308 g/mol. The molecule has 0 aliphatic heterocycles. The van der Waals surface area contributed by atoms with Crippen molar-refractivity contribution in [1.29, 1.82) is 0 Å². The number of aliphatic hydroxyl groups is 1. The molecule has 1 nitrogen and oxygen atoms in total. The number of hydrogen-bond donors (Lipinski definition) is 1. The molecule has 0 atom stereocenters. The van der Waals surface area contributed by atoms with Gasteiger partial charge in [-0.25, -0.2) is 0 Å². The van der Waals surface area contributed by atoms with Gasteiger partial charge in [0.15, 0.2) is 0 Å². The molecule has 1 heterocycles. The first-order valence-corrected chi connectivity index (χ1v) is 8.19. The summed E-state index contributed by atoms with van der Waals surface area (Å²) in [6, 6.07) is 9.92. The SMILES string of the molecule is OCC#Cc1ccsc1CSCc1ccccc1Cl. The van der Waals surface area contributed by atoms with Gasteiger partial charge in [-0.15, -0.1) is 11.3 Å². The van der Waals surface area contributed by atoms with Crippen molar-refractivity contribution in [2.45, 2.75) is 11.5 Å². The summed E-state index contributed by atoms with van der Waals surface area (Å²) in [5.74, 6) is 7.47. The average Bonchev–Trinajstić information content (AvgIpc) is 2.86. The molecule has 2 rings (SSSR count). The van der Waals surface area contributed by atoms with E-state index >= 15 is 0 Å². The maximum atomic E-state index is 8.72. The van der Waals surface area contributed by atoms with Crippen LogP contribution < -0.4 is 0 Å². The lowest BCUT2D eigenvalue weighted by molar-refractivity contribution is 0.350. The Bertz CT molecular complexity index is 595. The van der Waals surface area contributed by atoms with Crippen molar-refractivity contribution in [1.82, 2.24) is 0 Å². The molecule has 0 saturated heterocycles. The molecule has 4 heteroatoms. The zero-order chi connectivity index (χ0) is 13.5. The third-order valence-corrected chi connectivity index (χ3v) is 4.98. The van der Waals surface area contributed by atoms with Gasteiger partial charge in [-0.05, 0) is 23.1 Å². The summed E-state index contributed by atoms with van der Waals surface area (Å²) in [4.78, 5) is 1.25. The molecule has 0 aliphatic carbocycles. The summed E-state index contributed by atoms with van der Waals surface area (Å²) in [7, 11) is 0. The highest BCUT2D eigenvalue weighted by molar-refractivity contribution is 7.97. The van der Waals surface area contributed by atoms with E-state index in [1.807, 2.05) is 41.4 Å². The molecule has 0 bridgehead atoms. The molecule has 0 aliphatic rings. The Morgan fingerprint density at radius 2 is 2.05 bits per heavy atom. The van der Waals surface area contributed by atoms with Crippen molar-refractivity contribution in [3.63, 3.8) is 0 Å². The molecule has 0 spiro atoms. The second kappa shape index (κ2) is 7.62. The van der Waals surface area contributed by atoms with Crippen LogP contribution in [0.15, 0.2) is 35.7 Å². The smallest absolute Gasteiger partial charge is 0.104 e. The standard InChI is InChI=1S/C15H13ClOS2/c16-14-6-2-1-4-13(14)10-18-11-15-12(5-3-8-17)7-9-19-15/h1-2,4,6-7,9,17H,8,10-11H2. The molecule has 1 N–H and O–H groups in total. The molecule has 0 unspecified atom stereocenters. The summed E-state index contributed by atoms with van der Waals surface area (Å²) in [5, 5.41) is 11.6. The highest BCUT2D eigenvalue weighted by Crippen LogP contribution is 2.26. The Hall–Kier alpha value is -0.920. The predicted molar refractivity (Wildman–Crippen MR) is 84.7 cm³/mol. The summed E-state index contributed by atoms with van der Waals surface area (Å²) < 4.78 is 0. The van der Waals surface area contributed by atoms with Crippen LogP contribution in [0.4, 0.5) is 0 Å². The van der Waals surface area contributed by atoms with Crippen LogP contribution >= 0.6 is 34.7 Å². The summed E-state index contributed by atoms with van der Waals surface area (Å²) in [6.07, 6.45) is 0. The minimum atomic E-state index is -0.0952. The Morgan fingerprint density at radius 1 is 1.21 bits per heavy atom. The van der Waals surface area contributed by atoms with Crippen LogP contribution in [-0.2, 0) is 11.5 Å². The minimum Gasteiger partial charge on any atom is -0.384 e. The summed E-state index contributed by atoms with van der Waals surface area (Å²) in [5.41, 5.74) is 2.18. The first-order valence-electron chi connectivity index (χ1n) is 5.78. The largest absolute Gasteiger partial charge is 0.384 e. The van der Waals surface area contributed by atoms with Crippen LogP contribution in [0.1, 0.15) is 16.0 Å². The Balaban J connectivity index is 1.93. The number of hydrogen-bond acceptors (Lipinski definition) is 3. The summed E-state index contributed by atoms with van der Waals surface area (Å²) in [6.45, 7) is -0.0952. The molecule has 0 radical (unpaired) electrons. The van der Waals surface area contributed by atoms with Crippen molar-refractivity contribution in [2.24, 2.45) is 0 Å². The van der Waals surface area contributed by atoms with Gasteiger partial charge in [-0.1, -0.05) is 41.6 Å². The van der Waals surface area contributed by atoms with Gasteiger partial charge in [-0.3, -0.25) is 0 Å². The molecule has 19 heavy (non-hydrogen) atoms. The van der Waals surface area contributed by atoms with Gasteiger partial charge in [0.25, 0.3) is 0 Å². The molecule has 0 amide bonds. The van der Waals surface area contributed by atoms with Gasteiger partial charge in [0.05, 0.1) is 0 Å². The third kappa shape index (κ3) is 4.29. The zero-order valence-corrected chi connectivity index (χ0v) is 12.6. The van der Waals surface area contributed by atoms with E-state index in [0.29, 0.717) is 0 Å². The van der Waals surface area contributed by atoms with Crippen LogP contribution in [0.3, 0.4) is 0 Å². The Labute approximate surface area is 126 Å². The maximum Gasteiger partial charge on any atom is 0.104 e. The van der Waals surface area contributed by atoms with Gasteiger partial charge >= 0.3 is 0 Å². The zero-order valence-electron chi connectivity index (χ0n) is 10.2. The highest BCUT2D eigenvalue weighted by atomic mass is 35.5. The third-order valence-electron chi connectivity index (χ3n) is 2.50. The van der Waals surface area contributed by atoms with Crippen LogP contribution in [0.25, 0.3) is 0 Å². The van der Waals surface area contributed by atoms with Crippen LogP contribution in [0.5, 0.6) is 0 Å². The summed E-state index contributed by atoms with van der Waals surface area (Å²) >= 11 is 9.65. The average molecular weight is 309 g/mol. The van der Waals surface area contributed by atoms with E-state index in [-0.39, 0.29) is 6.61 Å². The number of aliphatic hydroxyl groups excluding tert-OH is 1. The lowest BCUT2D eigenvalue weighted by Crippen LogP contribution is -1.85. The number of thioether (sulfide) groups is 1. The molecular formula is C15H13ClOS2. The van der Waals surface area contributed by atoms with Crippen molar-refractivity contribution in [3.05, 3.63) is 56.7 Å². The van der Waals surface area contributed by atoms with E-state index in [2.05, 4.69) is 17.9 Å². The Morgan fingerprint density at radius 3 is 2.84 bits per heavy atom. The van der Waals surface area contributed by atoms with Crippen LogP contribution in [-0.4, -0.2) is 11.7 Å². The van der Waals surface area contributed by atoms with E-state index in [9.17, 15) is 0 Å². The lowest BCUT2D eigenvalue weighted by Gasteiger charge is -2.03. The maximum absolute atomic E-state index is 8.72. The van der Waals surface area contributed by atoms with Crippen LogP contribution in [0, 0.1) is 11.8 Å². The number of thiophene rings is 1. The molecule has 1 aromatic heterocycles. The van der Waals surface area contributed by atoms with E-state index in [4.69, 9.17) is 16.7 Å². The Kier molecular flexibility index (Phi) is 5.81. The van der Waals surface area contributed by atoms with Gasteiger partial charge in [0.2, 0.25) is 0 Å². The van der Waals surface area contributed by atoms with Gasteiger partial charge in [0, 0.05) is 27.0 Å². The second-order valence-corrected chi connectivity index (χ2v) is 6.20. The molecule has 98 valence electrons. The normalized spacial score (nSPS) is 10.0. The molecule has 0 fully saturated rings. The fourth-order valence-corrected chi connectivity index (χ4v) is 3.90. The van der Waals surface area contributed by atoms with Crippen molar-refractivity contribution < 1.29 is 5.11 Å². The van der Waals surface area contributed by atoms with Crippen LogP contribution in [0.2, 0.25) is 5.02 Å².